The lowest BCUT2D eigenvalue weighted by Gasteiger charge is -2.62. The molecule has 0 radical (unpaired) electrons. The molecule has 1 aromatic carbocycles. The van der Waals surface area contributed by atoms with E-state index in [0.29, 0.717) is 30.6 Å². The van der Waals surface area contributed by atoms with Crippen molar-refractivity contribution in [3.05, 3.63) is 28.8 Å². The van der Waals surface area contributed by atoms with Crippen molar-refractivity contribution in [1.29, 1.82) is 5.26 Å². The van der Waals surface area contributed by atoms with Crippen molar-refractivity contribution >= 4 is 5.78 Å². The molecule has 3 heterocycles. The van der Waals surface area contributed by atoms with Gasteiger partial charge in [-0.1, -0.05) is 6.07 Å². The number of Topliss-reactive ketones (excluding diaryl/α,β-unsaturated/α-hetero) is 1. The van der Waals surface area contributed by atoms with Crippen LogP contribution in [-0.4, -0.2) is 59.3 Å². The van der Waals surface area contributed by atoms with E-state index in [1.165, 1.54) is 0 Å². The lowest BCUT2D eigenvalue weighted by molar-refractivity contribution is -0.191. The SMILES string of the molecule is N#Cc1ccc2c3c1OC1C(=O)CCC4(O)C(C2)N(CC2CCCO2)CCC314. The van der Waals surface area contributed by atoms with Gasteiger partial charge in [0.15, 0.2) is 11.9 Å². The van der Waals surface area contributed by atoms with Crippen LogP contribution >= 0.6 is 0 Å². The van der Waals surface area contributed by atoms with Crippen LogP contribution in [0.15, 0.2) is 12.1 Å². The molecule has 5 aliphatic rings. The normalized spacial score (nSPS) is 40.7. The minimum atomic E-state index is -1.01. The molecule has 1 aromatic rings. The van der Waals surface area contributed by atoms with E-state index in [9.17, 15) is 15.2 Å². The quantitative estimate of drug-likeness (QED) is 0.837. The Balaban J connectivity index is 1.51. The van der Waals surface area contributed by atoms with Crippen molar-refractivity contribution in [1.82, 2.24) is 4.90 Å². The van der Waals surface area contributed by atoms with Crippen molar-refractivity contribution in [2.45, 2.75) is 67.8 Å². The second-order valence-corrected chi connectivity index (χ2v) is 9.05. The van der Waals surface area contributed by atoms with Gasteiger partial charge in [0.2, 0.25) is 0 Å². The van der Waals surface area contributed by atoms with Crippen molar-refractivity contribution < 1.29 is 19.4 Å². The van der Waals surface area contributed by atoms with Gasteiger partial charge in [-0.2, -0.15) is 5.26 Å². The van der Waals surface area contributed by atoms with Crippen LogP contribution in [0.3, 0.4) is 0 Å². The van der Waals surface area contributed by atoms with Crippen LogP contribution in [0.4, 0.5) is 0 Å². The molecule has 146 valence electrons. The van der Waals surface area contributed by atoms with Crippen LogP contribution < -0.4 is 4.74 Å². The van der Waals surface area contributed by atoms with E-state index in [2.05, 4.69) is 11.0 Å². The number of likely N-dealkylation sites (tertiary alicyclic amines) is 1. The highest BCUT2D eigenvalue weighted by molar-refractivity contribution is 5.90. The Kier molecular flexibility index (Phi) is 3.37. The summed E-state index contributed by atoms with van der Waals surface area (Å²) in [6, 6.07) is 5.98. The zero-order chi connectivity index (χ0) is 19.1. The number of piperidine rings is 1. The molecule has 3 fully saturated rings. The number of ketones is 1. The van der Waals surface area contributed by atoms with Gasteiger partial charge in [0.25, 0.3) is 0 Å². The Labute approximate surface area is 164 Å². The van der Waals surface area contributed by atoms with Gasteiger partial charge in [-0.05, 0) is 50.3 Å². The first-order valence-corrected chi connectivity index (χ1v) is 10.4. The summed E-state index contributed by atoms with van der Waals surface area (Å²) in [6.07, 6.45) is 3.95. The van der Waals surface area contributed by atoms with Gasteiger partial charge < -0.3 is 14.6 Å². The fraction of sp³-hybridized carbons (Fsp3) is 0.636. The highest BCUT2D eigenvalue weighted by Gasteiger charge is 2.73. The molecule has 1 saturated carbocycles. The second kappa shape index (κ2) is 5.56. The fourth-order valence-corrected chi connectivity index (χ4v) is 6.78. The summed E-state index contributed by atoms with van der Waals surface area (Å²) in [6.45, 7) is 2.47. The number of benzene rings is 1. The summed E-state index contributed by atoms with van der Waals surface area (Å²) in [4.78, 5) is 15.3. The zero-order valence-corrected chi connectivity index (χ0v) is 15.8. The molecule has 2 bridgehead atoms. The Hall–Kier alpha value is -1.94. The Morgan fingerprint density at radius 3 is 3.04 bits per heavy atom. The lowest BCUT2D eigenvalue weighted by Crippen LogP contribution is -2.76. The number of nitriles is 1. The number of carbonyl (C=O) groups is 1. The first-order chi connectivity index (χ1) is 13.6. The molecular formula is C22H24N2O4. The summed E-state index contributed by atoms with van der Waals surface area (Å²) in [7, 11) is 0. The van der Waals surface area contributed by atoms with Crippen molar-refractivity contribution in [3.63, 3.8) is 0 Å². The van der Waals surface area contributed by atoms with E-state index in [-0.39, 0.29) is 17.9 Å². The molecule has 5 atom stereocenters. The largest absolute Gasteiger partial charge is 0.480 e. The molecule has 1 spiro atoms. The molecule has 5 unspecified atom stereocenters. The molecule has 2 aliphatic carbocycles. The molecule has 0 aromatic heterocycles. The van der Waals surface area contributed by atoms with Gasteiger partial charge in [-0.15, -0.1) is 0 Å². The molecule has 2 saturated heterocycles. The molecule has 0 amide bonds. The summed E-state index contributed by atoms with van der Waals surface area (Å²) < 4.78 is 12.0. The van der Waals surface area contributed by atoms with E-state index < -0.39 is 17.1 Å². The van der Waals surface area contributed by atoms with Crippen molar-refractivity contribution in [3.8, 4) is 11.8 Å². The number of rotatable bonds is 2. The van der Waals surface area contributed by atoms with Crippen LogP contribution in [0.2, 0.25) is 0 Å². The maximum atomic E-state index is 12.9. The number of hydrogen-bond acceptors (Lipinski definition) is 6. The van der Waals surface area contributed by atoms with Crippen LogP contribution in [0.1, 0.15) is 48.8 Å². The van der Waals surface area contributed by atoms with E-state index >= 15 is 0 Å². The van der Waals surface area contributed by atoms with Crippen molar-refractivity contribution in [2.24, 2.45) is 0 Å². The maximum absolute atomic E-state index is 12.9. The highest BCUT2D eigenvalue weighted by Crippen LogP contribution is 2.63. The summed E-state index contributed by atoms with van der Waals surface area (Å²) in [5, 5.41) is 21.7. The third kappa shape index (κ3) is 1.85. The van der Waals surface area contributed by atoms with E-state index in [1.54, 1.807) is 6.07 Å². The molecule has 3 aliphatic heterocycles. The first-order valence-electron chi connectivity index (χ1n) is 10.4. The highest BCUT2D eigenvalue weighted by atomic mass is 16.5. The third-order valence-corrected chi connectivity index (χ3v) is 7.97. The van der Waals surface area contributed by atoms with Crippen LogP contribution in [-0.2, 0) is 21.4 Å². The van der Waals surface area contributed by atoms with Gasteiger partial charge in [0.1, 0.15) is 11.8 Å². The van der Waals surface area contributed by atoms with Gasteiger partial charge in [-0.3, -0.25) is 9.69 Å². The van der Waals surface area contributed by atoms with Gasteiger partial charge in [0.05, 0.1) is 22.7 Å². The average Bonchev–Trinajstić information content (AvgIpc) is 3.32. The van der Waals surface area contributed by atoms with Crippen LogP contribution in [0, 0.1) is 11.3 Å². The zero-order valence-electron chi connectivity index (χ0n) is 15.8. The molecule has 6 nitrogen and oxygen atoms in total. The van der Waals surface area contributed by atoms with Crippen molar-refractivity contribution in [2.75, 3.05) is 19.7 Å². The summed E-state index contributed by atoms with van der Waals surface area (Å²) in [5.41, 5.74) is 0.820. The summed E-state index contributed by atoms with van der Waals surface area (Å²) >= 11 is 0. The molecule has 1 N–H and O–H groups in total. The molecule has 6 rings (SSSR count). The third-order valence-electron chi connectivity index (χ3n) is 7.97. The molecular weight excluding hydrogens is 356 g/mol. The van der Waals surface area contributed by atoms with E-state index in [1.807, 2.05) is 6.07 Å². The van der Waals surface area contributed by atoms with E-state index in [4.69, 9.17) is 9.47 Å². The van der Waals surface area contributed by atoms with Crippen LogP contribution in [0.5, 0.6) is 5.75 Å². The standard InChI is InChI=1S/C22H24N2O4/c23-11-14-4-3-13-10-17-22(26)6-5-16(25)20-21(22,18(13)19(14)28-20)7-8-24(17)12-15-2-1-9-27-15/h3-4,15,17,20,26H,1-2,5-10,12H2. The van der Waals surface area contributed by atoms with Crippen LogP contribution in [0.25, 0.3) is 0 Å². The predicted molar refractivity (Wildman–Crippen MR) is 99.1 cm³/mol. The number of nitrogens with zero attached hydrogens (tertiary/aromatic N) is 2. The van der Waals surface area contributed by atoms with Gasteiger partial charge in [-0.25, -0.2) is 0 Å². The average molecular weight is 380 g/mol. The smallest absolute Gasteiger partial charge is 0.174 e. The Morgan fingerprint density at radius 1 is 1.36 bits per heavy atom. The van der Waals surface area contributed by atoms with E-state index in [0.717, 1.165) is 50.1 Å². The first kappa shape index (κ1) is 17.0. The Morgan fingerprint density at radius 2 is 2.25 bits per heavy atom. The maximum Gasteiger partial charge on any atom is 0.174 e. The van der Waals surface area contributed by atoms with Gasteiger partial charge in [0, 0.05) is 31.2 Å². The molecule has 6 heteroatoms. The monoisotopic (exact) mass is 380 g/mol. The number of carbonyl (C=O) groups excluding carboxylic acids is 1. The lowest BCUT2D eigenvalue weighted by atomic mass is 9.49. The number of hydrogen-bond donors (Lipinski definition) is 1. The topological polar surface area (TPSA) is 82.8 Å². The fourth-order valence-electron chi connectivity index (χ4n) is 6.78. The van der Waals surface area contributed by atoms with Gasteiger partial charge >= 0.3 is 0 Å². The Bertz CT molecular complexity index is 918. The minimum absolute atomic E-state index is 0.0453. The number of ether oxygens (including phenoxy) is 2. The minimum Gasteiger partial charge on any atom is -0.480 e. The predicted octanol–water partition coefficient (Wildman–Crippen LogP) is 1.46. The summed E-state index contributed by atoms with van der Waals surface area (Å²) in [5.74, 6) is 0.605. The number of aliphatic hydroxyl groups is 1. The second-order valence-electron chi connectivity index (χ2n) is 9.05. The molecule has 28 heavy (non-hydrogen) atoms.